The number of hydrazine groups is 1. The molecule has 2 unspecified atom stereocenters. The Labute approximate surface area is 165 Å². The molecule has 3 heterocycles. The van der Waals surface area contributed by atoms with Gasteiger partial charge >= 0.3 is 5.69 Å². The number of benzene rings is 1. The number of hydrogen-bond donors (Lipinski definition) is 3. The van der Waals surface area contributed by atoms with Crippen LogP contribution in [-0.2, 0) is 17.9 Å². The van der Waals surface area contributed by atoms with Crippen LogP contribution in [0.3, 0.4) is 0 Å². The Morgan fingerprint density at radius 1 is 1.14 bits per heavy atom. The summed E-state index contributed by atoms with van der Waals surface area (Å²) in [4.78, 5) is 29.0. The van der Waals surface area contributed by atoms with Crippen LogP contribution in [0.1, 0.15) is 23.7 Å². The minimum absolute atomic E-state index is 0.163. The van der Waals surface area contributed by atoms with E-state index in [1.54, 1.807) is 24.5 Å². The van der Waals surface area contributed by atoms with Crippen LogP contribution in [-0.4, -0.2) is 31.3 Å². The van der Waals surface area contributed by atoms with Crippen LogP contribution in [0.5, 0.6) is 0 Å². The van der Waals surface area contributed by atoms with Crippen LogP contribution in [0.2, 0.25) is 0 Å². The van der Waals surface area contributed by atoms with E-state index in [0.29, 0.717) is 13.0 Å². The molecule has 29 heavy (non-hydrogen) atoms. The molecule has 3 aromatic rings. The highest BCUT2D eigenvalue weighted by Gasteiger charge is 2.31. The third-order valence-corrected chi connectivity index (χ3v) is 4.75. The Morgan fingerprint density at radius 2 is 1.90 bits per heavy atom. The molecule has 0 aliphatic carbocycles. The van der Waals surface area contributed by atoms with Crippen LogP contribution < -0.4 is 21.9 Å². The highest BCUT2D eigenvalue weighted by Crippen LogP contribution is 2.14. The Hall–Kier alpha value is -3.37. The van der Waals surface area contributed by atoms with E-state index in [1.165, 1.54) is 27.7 Å². The maximum atomic E-state index is 13.0. The van der Waals surface area contributed by atoms with Gasteiger partial charge in [0.25, 0.3) is 0 Å². The summed E-state index contributed by atoms with van der Waals surface area (Å²) in [6.45, 7) is 0.641. The maximum Gasteiger partial charge on any atom is 0.347 e. The summed E-state index contributed by atoms with van der Waals surface area (Å²) in [6, 6.07) is 9.09. The highest BCUT2D eigenvalue weighted by molar-refractivity contribution is 5.81. The number of amides is 1. The number of halogens is 1. The van der Waals surface area contributed by atoms with Gasteiger partial charge in [-0.05, 0) is 35.4 Å². The van der Waals surface area contributed by atoms with Gasteiger partial charge in [0.1, 0.15) is 24.4 Å². The predicted molar refractivity (Wildman–Crippen MR) is 102 cm³/mol. The molecule has 4 rings (SSSR count). The smallest absolute Gasteiger partial charge is 0.347 e. The molecule has 10 heteroatoms. The topological polar surface area (TPSA) is 106 Å². The molecule has 150 valence electrons. The van der Waals surface area contributed by atoms with Crippen molar-refractivity contribution in [1.29, 1.82) is 0 Å². The third-order valence-electron chi connectivity index (χ3n) is 4.75. The Morgan fingerprint density at radius 3 is 2.66 bits per heavy atom. The molecule has 1 aliphatic rings. The summed E-state index contributed by atoms with van der Waals surface area (Å²) in [5.74, 6) is -0.496. The lowest BCUT2D eigenvalue weighted by Crippen LogP contribution is -2.43. The zero-order valence-corrected chi connectivity index (χ0v) is 15.5. The van der Waals surface area contributed by atoms with E-state index >= 15 is 0 Å². The van der Waals surface area contributed by atoms with Crippen molar-refractivity contribution in [3.63, 3.8) is 0 Å². The average Bonchev–Trinajstić information content (AvgIpc) is 3.36. The van der Waals surface area contributed by atoms with Crippen molar-refractivity contribution in [2.24, 2.45) is 0 Å². The standard InChI is InChI=1S/C19H20FN7O2/c20-15-3-1-14(2-4-15)11-27-19(29)26(12-23-27)17-9-16(24-25-17)18(28)22-10-13-5-7-21-8-6-13/h1-8,12,16-17,24-25H,9-11H2,(H,22,28). The van der Waals surface area contributed by atoms with E-state index < -0.39 is 12.2 Å². The monoisotopic (exact) mass is 397 g/mol. The molecule has 1 amide bonds. The first-order valence-corrected chi connectivity index (χ1v) is 9.16. The molecule has 9 nitrogen and oxygen atoms in total. The summed E-state index contributed by atoms with van der Waals surface area (Å²) in [5.41, 5.74) is 7.30. The van der Waals surface area contributed by atoms with Crippen molar-refractivity contribution in [1.82, 2.24) is 35.5 Å². The van der Waals surface area contributed by atoms with Crippen molar-refractivity contribution in [3.05, 3.63) is 82.5 Å². The normalized spacial score (nSPS) is 18.7. The molecule has 0 radical (unpaired) electrons. The van der Waals surface area contributed by atoms with Gasteiger partial charge in [0, 0.05) is 25.4 Å². The van der Waals surface area contributed by atoms with Gasteiger partial charge in [-0.2, -0.15) is 5.10 Å². The van der Waals surface area contributed by atoms with E-state index in [1.807, 2.05) is 12.1 Å². The van der Waals surface area contributed by atoms with Crippen molar-refractivity contribution < 1.29 is 9.18 Å². The third kappa shape index (κ3) is 4.39. The number of aromatic nitrogens is 4. The molecule has 1 saturated heterocycles. The first-order valence-electron chi connectivity index (χ1n) is 9.16. The number of rotatable bonds is 6. The molecule has 1 fully saturated rings. The maximum absolute atomic E-state index is 13.0. The molecule has 3 N–H and O–H groups in total. The zero-order chi connectivity index (χ0) is 20.2. The Bertz CT molecular complexity index is 1030. The van der Waals surface area contributed by atoms with E-state index in [4.69, 9.17) is 0 Å². The molecular weight excluding hydrogens is 377 g/mol. The number of carbonyl (C=O) groups excluding carboxylic acids is 1. The fourth-order valence-electron chi connectivity index (χ4n) is 3.14. The average molecular weight is 397 g/mol. The predicted octanol–water partition coefficient (Wildman–Crippen LogP) is 0.309. The number of carbonyl (C=O) groups is 1. The van der Waals surface area contributed by atoms with Crippen LogP contribution in [0.4, 0.5) is 4.39 Å². The minimum Gasteiger partial charge on any atom is -0.351 e. The molecule has 1 aromatic carbocycles. The van der Waals surface area contributed by atoms with Crippen LogP contribution in [0, 0.1) is 5.82 Å². The molecule has 1 aliphatic heterocycles. The fourth-order valence-corrected chi connectivity index (χ4v) is 3.14. The van der Waals surface area contributed by atoms with Gasteiger partial charge < -0.3 is 5.32 Å². The first kappa shape index (κ1) is 19.0. The summed E-state index contributed by atoms with van der Waals surface area (Å²) in [7, 11) is 0. The van der Waals surface area contributed by atoms with E-state index in [2.05, 4.69) is 26.3 Å². The Balaban J connectivity index is 1.36. The summed E-state index contributed by atoms with van der Waals surface area (Å²) < 4.78 is 15.8. The minimum atomic E-state index is -0.478. The number of pyridine rings is 1. The molecule has 0 spiro atoms. The summed E-state index contributed by atoms with van der Waals surface area (Å²) in [5, 5.41) is 6.98. The van der Waals surface area contributed by atoms with E-state index in [-0.39, 0.29) is 24.0 Å². The summed E-state index contributed by atoms with van der Waals surface area (Å²) in [6.07, 6.45) is 4.76. The van der Waals surface area contributed by atoms with Gasteiger partial charge in [-0.25, -0.2) is 24.7 Å². The van der Waals surface area contributed by atoms with Gasteiger partial charge in [0.05, 0.1) is 6.54 Å². The van der Waals surface area contributed by atoms with Gasteiger partial charge in [-0.1, -0.05) is 12.1 Å². The summed E-state index contributed by atoms with van der Waals surface area (Å²) >= 11 is 0. The van der Waals surface area contributed by atoms with Crippen molar-refractivity contribution in [3.8, 4) is 0 Å². The molecule has 2 aromatic heterocycles. The fraction of sp³-hybridized carbons (Fsp3) is 0.263. The molecule has 2 atom stereocenters. The first-order chi connectivity index (χ1) is 14.1. The van der Waals surface area contributed by atoms with Gasteiger partial charge in [-0.3, -0.25) is 14.3 Å². The number of nitrogens with one attached hydrogen (secondary N) is 3. The van der Waals surface area contributed by atoms with Crippen molar-refractivity contribution >= 4 is 5.91 Å². The second-order valence-corrected chi connectivity index (χ2v) is 6.77. The lowest BCUT2D eigenvalue weighted by atomic mass is 10.2. The van der Waals surface area contributed by atoms with E-state index in [0.717, 1.165) is 11.1 Å². The largest absolute Gasteiger partial charge is 0.351 e. The highest BCUT2D eigenvalue weighted by atomic mass is 19.1. The molecule has 0 bridgehead atoms. The SMILES string of the molecule is O=C(NCc1ccncc1)C1CC(n2cnn(Cc3ccc(F)cc3)c2=O)NN1. The van der Waals surface area contributed by atoms with Crippen LogP contribution in [0.15, 0.2) is 59.9 Å². The zero-order valence-electron chi connectivity index (χ0n) is 15.5. The van der Waals surface area contributed by atoms with Crippen LogP contribution in [0.25, 0.3) is 0 Å². The van der Waals surface area contributed by atoms with Crippen molar-refractivity contribution in [2.75, 3.05) is 0 Å². The number of hydrogen-bond acceptors (Lipinski definition) is 6. The molecular formula is C19H20FN7O2. The molecule has 0 saturated carbocycles. The Kier molecular flexibility index (Phi) is 5.45. The number of nitrogens with zero attached hydrogens (tertiary/aromatic N) is 4. The van der Waals surface area contributed by atoms with Crippen LogP contribution >= 0.6 is 0 Å². The van der Waals surface area contributed by atoms with E-state index in [9.17, 15) is 14.0 Å². The quantitative estimate of drug-likeness (QED) is 0.553. The lowest BCUT2D eigenvalue weighted by molar-refractivity contribution is -0.123. The second kappa shape index (κ2) is 8.33. The second-order valence-electron chi connectivity index (χ2n) is 6.77. The van der Waals surface area contributed by atoms with Gasteiger partial charge in [0.15, 0.2) is 0 Å². The van der Waals surface area contributed by atoms with Gasteiger partial charge in [-0.15, -0.1) is 0 Å². The van der Waals surface area contributed by atoms with Gasteiger partial charge in [0.2, 0.25) is 5.91 Å². The lowest BCUT2D eigenvalue weighted by Gasteiger charge is -2.10. The van der Waals surface area contributed by atoms with Crippen molar-refractivity contribution in [2.45, 2.75) is 31.7 Å².